The highest BCUT2D eigenvalue weighted by atomic mass is 19.4. The van der Waals surface area contributed by atoms with Crippen molar-refractivity contribution in [1.29, 1.82) is 0 Å². The van der Waals surface area contributed by atoms with Crippen molar-refractivity contribution >= 4 is 11.7 Å². The summed E-state index contributed by atoms with van der Waals surface area (Å²) in [7, 11) is 0. The maximum atomic E-state index is 12.6. The van der Waals surface area contributed by atoms with Crippen LogP contribution in [0.3, 0.4) is 0 Å². The minimum absolute atomic E-state index is 0.0126. The van der Waals surface area contributed by atoms with E-state index in [9.17, 15) is 18.0 Å². The smallest absolute Gasteiger partial charge is 0.416 e. The van der Waals surface area contributed by atoms with Gasteiger partial charge in [0.15, 0.2) is 0 Å². The second kappa shape index (κ2) is 5.70. The van der Waals surface area contributed by atoms with Gasteiger partial charge in [-0.3, -0.25) is 0 Å². The van der Waals surface area contributed by atoms with Gasteiger partial charge in [0.1, 0.15) is 0 Å². The quantitative estimate of drug-likeness (QED) is 0.898. The van der Waals surface area contributed by atoms with Crippen molar-refractivity contribution in [3.05, 3.63) is 29.3 Å². The molecule has 4 nitrogen and oxygen atoms in total. The highest BCUT2D eigenvalue weighted by molar-refractivity contribution is 5.94. The van der Waals surface area contributed by atoms with Crippen LogP contribution < -0.4 is 5.32 Å². The standard InChI is InChI=1S/C13H14F3NO3/c14-13(15,16)8-1-2-11(10(7-8)12(18)19)17-9-3-5-20-6-4-9/h1-2,7,9,17H,3-6H2,(H,18,19). The zero-order chi connectivity index (χ0) is 14.8. The number of benzene rings is 1. The molecule has 1 fully saturated rings. The summed E-state index contributed by atoms with van der Waals surface area (Å²) in [5.74, 6) is -1.38. The summed E-state index contributed by atoms with van der Waals surface area (Å²) in [6.07, 6.45) is -3.17. The molecule has 1 aliphatic rings. The lowest BCUT2D eigenvalue weighted by Crippen LogP contribution is -2.28. The first kappa shape index (κ1) is 14.6. The van der Waals surface area contributed by atoms with E-state index in [0.29, 0.717) is 32.1 Å². The largest absolute Gasteiger partial charge is 0.478 e. The van der Waals surface area contributed by atoms with Crippen molar-refractivity contribution < 1.29 is 27.8 Å². The Hall–Kier alpha value is -1.76. The Morgan fingerprint density at radius 2 is 1.95 bits per heavy atom. The summed E-state index contributed by atoms with van der Waals surface area (Å²) in [6, 6.07) is 2.72. The Morgan fingerprint density at radius 3 is 2.50 bits per heavy atom. The number of alkyl halides is 3. The molecule has 1 aliphatic heterocycles. The second-order valence-corrected chi connectivity index (χ2v) is 4.59. The number of hydrogen-bond donors (Lipinski definition) is 2. The fraction of sp³-hybridized carbons (Fsp3) is 0.462. The summed E-state index contributed by atoms with van der Waals surface area (Å²) in [5, 5.41) is 12.0. The van der Waals surface area contributed by atoms with Crippen LogP contribution in [-0.2, 0) is 10.9 Å². The zero-order valence-electron chi connectivity index (χ0n) is 10.5. The van der Waals surface area contributed by atoms with Crippen molar-refractivity contribution in [2.75, 3.05) is 18.5 Å². The molecular formula is C13H14F3NO3. The lowest BCUT2D eigenvalue weighted by Gasteiger charge is -2.25. The highest BCUT2D eigenvalue weighted by Gasteiger charge is 2.32. The minimum Gasteiger partial charge on any atom is -0.478 e. The number of nitrogens with one attached hydrogen (secondary N) is 1. The van der Waals surface area contributed by atoms with Crippen LogP contribution in [0.25, 0.3) is 0 Å². The molecule has 0 atom stereocenters. The van der Waals surface area contributed by atoms with Crippen LogP contribution in [0.1, 0.15) is 28.8 Å². The molecule has 1 saturated heterocycles. The molecule has 0 bridgehead atoms. The van der Waals surface area contributed by atoms with E-state index < -0.39 is 17.7 Å². The predicted molar refractivity (Wildman–Crippen MR) is 65.9 cm³/mol. The molecule has 0 aromatic heterocycles. The van der Waals surface area contributed by atoms with E-state index in [1.165, 1.54) is 6.07 Å². The second-order valence-electron chi connectivity index (χ2n) is 4.59. The molecule has 2 N–H and O–H groups in total. The summed E-state index contributed by atoms with van der Waals surface area (Å²) in [6.45, 7) is 1.11. The van der Waals surface area contributed by atoms with E-state index >= 15 is 0 Å². The normalized spacial score (nSPS) is 16.9. The van der Waals surface area contributed by atoms with Gasteiger partial charge in [0, 0.05) is 24.9 Å². The number of carboxylic acid groups (broad SMARTS) is 1. The molecule has 0 unspecified atom stereocenters. The number of hydrogen-bond acceptors (Lipinski definition) is 3. The molecule has 1 aromatic rings. The molecule has 110 valence electrons. The molecule has 0 aliphatic carbocycles. The predicted octanol–water partition coefficient (Wildman–Crippen LogP) is 2.99. The third-order valence-electron chi connectivity index (χ3n) is 3.16. The number of carboxylic acids is 1. The van der Waals surface area contributed by atoms with Crippen LogP contribution in [0.5, 0.6) is 0 Å². The molecule has 0 amide bonds. The fourth-order valence-electron chi connectivity index (χ4n) is 2.09. The minimum atomic E-state index is -4.55. The van der Waals surface area contributed by atoms with Gasteiger partial charge < -0.3 is 15.2 Å². The lowest BCUT2D eigenvalue weighted by molar-refractivity contribution is -0.137. The monoisotopic (exact) mass is 289 g/mol. The number of rotatable bonds is 3. The maximum absolute atomic E-state index is 12.6. The lowest BCUT2D eigenvalue weighted by atomic mass is 10.0. The van der Waals surface area contributed by atoms with Gasteiger partial charge in [-0.25, -0.2) is 4.79 Å². The zero-order valence-corrected chi connectivity index (χ0v) is 10.5. The average Bonchev–Trinajstić information content (AvgIpc) is 2.38. The van der Waals surface area contributed by atoms with Gasteiger partial charge in [0.05, 0.1) is 11.1 Å². The van der Waals surface area contributed by atoms with Gasteiger partial charge >= 0.3 is 12.1 Å². The van der Waals surface area contributed by atoms with Crippen molar-refractivity contribution in [1.82, 2.24) is 0 Å². The molecular weight excluding hydrogens is 275 g/mol. The van der Waals surface area contributed by atoms with Gasteiger partial charge in [-0.05, 0) is 31.0 Å². The average molecular weight is 289 g/mol. The van der Waals surface area contributed by atoms with Crippen molar-refractivity contribution in [2.45, 2.75) is 25.1 Å². The molecule has 0 radical (unpaired) electrons. The van der Waals surface area contributed by atoms with E-state index in [1.54, 1.807) is 0 Å². The number of carbonyl (C=O) groups is 1. The maximum Gasteiger partial charge on any atom is 0.416 e. The first-order chi connectivity index (χ1) is 9.38. The number of halogens is 3. The third-order valence-corrected chi connectivity index (χ3v) is 3.16. The van der Waals surface area contributed by atoms with Crippen LogP contribution >= 0.6 is 0 Å². The first-order valence-electron chi connectivity index (χ1n) is 6.17. The van der Waals surface area contributed by atoms with Gasteiger partial charge in [-0.1, -0.05) is 0 Å². The number of anilines is 1. The van der Waals surface area contributed by atoms with Gasteiger partial charge in [0.25, 0.3) is 0 Å². The Bertz CT molecular complexity index is 496. The van der Waals surface area contributed by atoms with Gasteiger partial charge in [-0.2, -0.15) is 13.2 Å². The van der Waals surface area contributed by atoms with E-state index in [-0.39, 0.29) is 17.3 Å². The van der Waals surface area contributed by atoms with E-state index in [2.05, 4.69) is 5.32 Å². The van der Waals surface area contributed by atoms with Crippen LogP contribution in [0.4, 0.5) is 18.9 Å². The summed E-state index contributed by atoms with van der Waals surface area (Å²) >= 11 is 0. The topological polar surface area (TPSA) is 58.6 Å². The van der Waals surface area contributed by atoms with Crippen molar-refractivity contribution in [3.8, 4) is 0 Å². The van der Waals surface area contributed by atoms with Gasteiger partial charge in [0.2, 0.25) is 0 Å². The first-order valence-corrected chi connectivity index (χ1v) is 6.17. The van der Waals surface area contributed by atoms with Crippen LogP contribution in [0.15, 0.2) is 18.2 Å². The molecule has 1 heterocycles. The van der Waals surface area contributed by atoms with E-state index in [4.69, 9.17) is 9.84 Å². The number of ether oxygens (including phenoxy) is 1. The SMILES string of the molecule is O=C(O)c1cc(C(F)(F)F)ccc1NC1CCOCC1. The van der Waals surface area contributed by atoms with E-state index in [0.717, 1.165) is 6.07 Å². The van der Waals surface area contributed by atoms with Crippen LogP contribution in [0, 0.1) is 0 Å². The Kier molecular flexibility index (Phi) is 4.17. The Balaban J connectivity index is 2.25. The summed E-state index contributed by atoms with van der Waals surface area (Å²) in [4.78, 5) is 11.1. The van der Waals surface area contributed by atoms with Crippen LogP contribution in [-0.4, -0.2) is 30.3 Å². The van der Waals surface area contributed by atoms with Crippen molar-refractivity contribution in [2.24, 2.45) is 0 Å². The van der Waals surface area contributed by atoms with Gasteiger partial charge in [-0.15, -0.1) is 0 Å². The molecule has 20 heavy (non-hydrogen) atoms. The Labute approximate surface area is 113 Å². The highest BCUT2D eigenvalue weighted by Crippen LogP contribution is 2.32. The van der Waals surface area contributed by atoms with Crippen molar-refractivity contribution in [3.63, 3.8) is 0 Å². The summed E-state index contributed by atoms with van der Waals surface area (Å²) in [5.41, 5.74) is -1.13. The van der Waals surface area contributed by atoms with E-state index in [1.807, 2.05) is 0 Å². The fourth-order valence-corrected chi connectivity index (χ4v) is 2.09. The third kappa shape index (κ3) is 3.41. The summed E-state index contributed by atoms with van der Waals surface area (Å²) < 4.78 is 42.9. The molecule has 7 heteroatoms. The molecule has 0 spiro atoms. The molecule has 2 rings (SSSR count). The molecule has 0 saturated carbocycles. The van der Waals surface area contributed by atoms with Crippen LogP contribution in [0.2, 0.25) is 0 Å². The Morgan fingerprint density at radius 1 is 1.30 bits per heavy atom. The number of aromatic carboxylic acids is 1. The molecule has 1 aromatic carbocycles.